The molecule has 0 aliphatic heterocycles. The van der Waals surface area contributed by atoms with Gasteiger partial charge in [0.1, 0.15) is 11.5 Å². The number of hydrogen-bond donors (Lipinski definition) is 1. The van der Waals surface area contributed by atoms with Gasteiger partial charge in [0.15, 0.2) is 0 Å². The number of halogens is 1. The van der Waals surface area contributed by atoms with E-state index in [2.05, 4.69) is 46.1 Å². The van der Waals surface area contributed by atoms with Gasteiger partial charge in [-0.05, 0) is 50.2 Å². The second kappa shape index (κ2) is 6.86. The van der Waals surface area contributed by atoms with Crippen molar-refractivity contribution in [3.8, 4) is 11.5 Å². The third-order valence-electron chi connectivity index (χ3n) is 3.13. The lowest BCUT2D eigenvalue weighted by Crippen LogP contribution is -2.17. The number of aryl methyl sites for hydroxylation is 1. The zero-order valence-corrected chi connectivity index (χ0v) is 13.6. The zero-order valence-electron chi connectivity index (χ0n) is 12.0. The summed E-state index contributed by atoms with van der Waals surface area (Å²) >= 11 is 3.61. The van der Waals surface area contributed by atoms with Gasteiger partial charge in [-0.2, -0.15) is 0 Å². The highest BCUT2D eigenvalue weighted by Gasteiger charge is 2.10. The van der Waals surface area contributed by atoms with Crippen LogP contribution in [0.2, 0.25) is 0 Å². The van der Waals surface area contributed by atoms with Crippen LogP contribution < -0.4 is 10.1 Å². The molecule has 1 N–H and O–H groups in total. The number of pyridine rings is 1. The molecule has 1 aromatic carbocycles. The summed E-state index contributed by atoms with van der Waals surface area (Å²) in [7, 11) is 0. The summed E-state index contributed by atoms with van der Waals surface area (Å²) in [5, 5.41) is 3.40. The van der Waals surface area contributed by atoms with Crippen molar-refractivity contribution < 1.29 is 4.74 Å². The molecule has 2 rings (SSSR count). The quantitative estimate of drug-likeness (QED) is 0.866. The summed E-state index contributed by atoms with van der Waals surface area (Å²) in [6.45, 7) is 7.13. The van der Waals surface area contributed by atoms with Crippen LogP contribution in [0.25, 0.3) is 0 Å². The Kier molecular flexibility index (Phi) is 5.15. The van der Waals surface area contributed by atoms with Gasteiger partial charge in [0.25, 0.3) is 0 Å². The minimum Gasteiger partial charge on any atom is -0.455 e. The van der Waals surface area contributed by atoms with E-state index in [4.69, 9.17) is 4.74 Å². The largest absolute Gasteiger partial charge is 0.455 e. The van der Waals surface area contributed by atoms with Crippen molar-refractivity contribution in [1.29, 1.82) is 0 Å². The predicted molar refractivity (Wildman–Crippen MR) is 85.3 cm³/mol. The average Bonchev–Trinajstić information content (AvgIpc) is 2.42. The van der Waals surface area contributed by atoms with Crippen molar-refractivity contribution in [2.45, 2.75) is 26.8 Å². The maximum Gasteiger partial charge on any atom is 0.148 e. The molecule has 0 bridgehead atoms. The third kappa shape index (κ3) is 3.58. The highest BCUT2D eigenvalue weighted by atomic mass is 79.9. The van der Waals surface area contributed by atoms with Crippen molar-refractivity contribution in [2.75, 3.05) is 6.54 Å². The summed E-state index contributed by atoms with van der Waals surface area (Å²) in [6.07, 6.45) is 1.76. The summed E-state index contributed by atoms with van der Waals surface area (Å²) in [4.78, 5) is 4.22. The van der Waals surface area contributed by atoms with Gasteiger partial charge in [-0.1, -0.05) is 28.9 Å². The number of nitrogens with zero attached hydrogens (tertiary/aromatic N) is 1. The lowest BCUT2D eigenvalue weighted by Gasteiger charge is -2.16. The fourth-order valence-electron chi connectivity index (χ4n) is 2.04. The van der Waals surface area contributed by atoms with E-state index in [1.807, 2.05) is 31.2 Å². The molecule has 0 saturated heterocycles. The van der Waals surface area contributed by atoms with Crippen LogP contribution in [0.15, 0.2) is 41.0 Å². The second-order valence-corrected chi connectivity index (χ2v) is 5.51. The van der Waals surface area contributed by atoms with Crippen LogP contribution in [-0.4, -0.2) is 11.5 Å². The second-order valence-electron chi connectivity index (χ2n) is 4.65. The Morgan fingerprint density at radius 3 is 2.80 bits per heavy atom. The Bertz CT molecular complexity index is 586. The Labute approximate surface area is 128 Å². The summed E-state index contributed by atoms with van der Waals surface area (Å²) in [5.74, 6) is 1.59. The first-order valence-electron chi connectivity index (χ1n) is 6.74. The maximum absolute atomic E-state index is 5.87. The molecular weight excluding hydrogens is 316 g/mol. The van der Waals surface area contributed by atoms with Crippen molar-refractivity contribution in [3.63, 3.8) is 0 Å². The monoisotopic (exact) mass is 334 g/mol. The van der Waals surface area contributed by atoms with E-state index in [1.54, 1.807) is 6.20 Å². The van der Waals surface area contributed by atoms with E-state index in [-0.39, 0.29) is 0 Å². The minimum atomic E-state index is 0.309. The molecule has 0 aliphatic carbocycles. The van der Waals surface area contributed by atoms with E-state index in [1.165, 1.54) is 5.56 Å². The van der Waals surface area contributed by atoms with Crippen LogP contribution in [0.3, 0.4) is 0 Å². The predicted octanol–water partition coefficient (Wildman–Crippen LogP) is 4.62. The molecule has 2 aromatic rings. The number of aromatic nitrogens is 1. The number of ether oxygens (including phenoxy) is 1. The molecule has 3 nitrogen and oxygen atoms in total. The Morgan fingerprint density at radius 1 is 1.35 bits per heavy atom. The molecular formula is C16H19BrN2O. The molecule has 1 heterocycles. The van der Waals surface area contributed by atoms with Gasteiger partial charge in [-0.15, -0.1) is 0 Å². The molecule has 20 heavy (non-hydrogen) atoms. The normalized spacial score (nSPS) is 12.2. The van der Waals surface area contributed by atoms with Crippen molar-refractivity contribution in [3.05, 3.63) is 52.3 Å². The number of rotatable bonds is 5. The van der Waals surface area contributed by atoms with E-state index in [0.29, 0.717) is 6.04 Å². The van der Waals surface area contributed by atoms with Crippen LogP contribution in [0, 0.1) is 6.92 Å². The molecule has 0 aliphatic rings. The summed E-state index contributed by atoms with van der Waals surface area (Å²) in [5.41, 5.74) is 2.11. The van der Waals surface area contributed by atoms with Crippen LogP contribution in [0.4, 0.5) is 0 Å². The zero-order chi connectivity index (χ0) is 14.5. The maximum atomic E-state index is 5.87. The number of nitrogens with one attached hydrogen (secondary N) is 1. The fourth-order valence-corrected chi connectivity index (χ4v) is 2.74. The van der Waals surface area contributed by atoms with Gasteiger partial charge in [0.05, 0.1) is 5.69 Å². The van der Waals surface area contributed by atoms with Crippen molar-refractivity contribution in [1.82, 2.24) is 10.3 Å². The molecule has 0 spiro atoms. The van der Waals surface area contributed by atoms with Gasteiger partial charge in [0.2, 0.25) is 0 Å². The van der Waals surface area contributed by atoms with Gasteiger partial charge < -0.3 is 10.1 Å². The standard InChI is InChI=1S/C16H19BrN2O/c1-4-18-11(2)14-8-7-13(10-15(14)17)20-16-6-5-9-19-12(16)3/h5-11,18H,4H2,1-3H3. The third-order valence-corrected chi connectivity index (χ3v) is 3.82. The smallest absolute Gasteiger partial charge is 0.148 e. The minimum absolute atomic E-state index is 0.309. The first kappa shape index (κ1) is 15.0. The summed E-state index contributed by atoms with van der Waals surface area (Å²) < 4.78 is 6.92. The van der Waals surface area contributed by atoms with Crippen molar-refractivity contribution in [2.24, 2.45) is 0 Å². The van der Waals surface area contributed by atoms with Gasteiger partial charge in [-0.25, -0.2) is 0 Å². The van der Waals surface area contributed by atoms with Crippen molar-refractivity contribution >= 4 is 15.9 Å². The molecule has 0 amide bonds. The molecule has 0 radical (unpaired) electrons. The lowest BCUT2D eigenvalue weighted by molar-refractivity contribution is 0.474. The van der Waals surface area contributed by atoms with E-state index >= 15 is 0 Å². The van der Waals surface area contributed by atoms with E-state index in [0.717, 1.165) is 28.2 Å². The molecule has 1 aromatic heterocycles. The highest BCUT2D eigenvalue weighted by Crippen LogP contribution is 2.30. The van der Waals surface area contributed by atoms with Gasteiger partial charge in [-0.3, -0.25) is 4.98 Å². The summed E-state index contributed by atoms with van der Waals surface area (Å²) in [6, 6.07) is 10.2. The Balaban J connectivity index is 2.19. The van der Waals surface area contributed by atoms with E-state index < -0.39 is 0 Å². The van der Waals surface area contributed by atoms with Crippen LogP contribution in [0.1, 0.15) is 31.1 Å². The SMILES string of the molecule is CCNC(C)c1ccc(Oc2cccnc2C)cc1Br. The van der Waals surface area contributed by atoms with Crippen LogP contribution >= 0.6 is 15.9 Å². The molecule has 0 fully saturated rings. The van der Waals surface area contributed by atoms with Gasteiger partial charge in [0, 0.05) is 16.7 Å². The first-order valence-corrected chi connectivity index (χ1v) is 7.53. The molecule has 1 unspecified atom stereocenters. The van der Waals surface area contributed by atoms with Crippen LogP contribution in [-0.2, 0) is 0 Å². The number of benzene rings is 1. The topological polar surface area (TPSA) is 34.1 Å². The molecule has 106 valence electrons. The Morgan fingerprint density at radius 2 is 2.15 bits per heavy atom. The first-order chi connectivity index (χ1) is 9.61. The molecule has 0 saturated carbocycles. The molecule has 1 atom stereocenters. The lowest BCUT2D eigenvalue weighted by atomic mass is 10.1. The van der Waals surface area contributed by atoms with Gasteiger partial charge >= 0.3 is 0 Å². The molecule has 4 heteroatoms. The fraction of sp³-hybridized carbons (Fsp3) is 0.312. The van der Waals surface area contributed by atoms with E-state index in [9.17, 15) is 0 Å². The Hall–Kier alpha value is -1.39. The highest BCUT2D eigenvalue weighted by molar-refractivity contribution is 9.10. The number of hydrogen-bond acceptors (Lipinski definition) is 3. The van der Waals surface area contributed by atoms with Crippen LogP contribution in [0.5, 0.6) is 11.5 Å². The average molecular weight is 335 g/mol.